The maximum absolute atomic E-state index is 14.9. The Labute approximate surface area is 305 Å². The number of halogens is 1. The smallest absolute Gasteiger partial charge is 0.123 e. The molecule has 10 aromatic rings. The van der Waals surface area contributed by atoms with E-state index < -0.39 is 0 Å². The predicted octanol–water partition coefficient (Wildman–Crippen LogP) is 12.9. The summed E-state index contributed by atoms with van der Waals surface area (Å²) >= 11 is 0. The zero-order chi connectivity index (χ0) is 35.5. The first-order valence-corrected chi connectivity index (χ1v) is 17.7. The molecule has 10 rings (SSSR count). The van der Waals surface area contributed by atoms with Crippen molar-refractivity contribution in [2.45, 2.75) is 0 Å². The van der Waals surface area contributed by atoms with Crippen LogP contribution in [-0.4, -0.2) is 9.13 Å². The third-order valence-electron chi connectivity index (χ3n) is 10.4. The van der Waals surface area contributed by atoms with Crippen molar-refractivity contribution in [3.8, 4) is 50.8 Å². The van der Waals surface area contributed by atoms with E-state index in [0.29, 0.717) is 5.56 Å². The first kappa shape index (κ1) is 30.6. The third kappa shape index (κ3) is 4.94. The molecule has 53 heavy (non-hydrogen) atoms. The fourth-order valence-electron chi connectivity index (χ4n) is 7.99. The molecule has 0 amide bonds. The number of hydrogen-bond donors (Lipinski definition) is 0. The minimum absolute atomic E-state index is 0.316. The summed E-state index contributed by atoms with van der Waals surface area (Å²) < 4.78 is 19.4. The van der Waals surface area contributed by atoms with Crippen molar-refractivity contribution in [2.75, 3.05) is 0 Å². The predicted molar refractivity (Wildman–Crippen MR) is 216 cm³/mol. The lowest BCUT2D eigenvalue weighted by Crippen LogP contribution is -2.05. The molecule has 0 atom stereocenters. The van der Waals surface area contributed by atoms with Crippen LogP contribution in [0.25, 0.3) is 88.4 Å². The van der Waals surface area contributed by atoms with Gasteiger partial charge in [-0.05, 0) is 81.9 Å². The number of fused-ring (bicyclic) bond motifs is 6. The normalized spacial score (nSPS) is 11.5. The van der Waals surface area contributed by atoms with Gasteiger partial charge in [-0.1, -0.05) is 133 Å². The quantitative estimate of drug-likeness (QED) is 0.178. The Morgan fingerprint density at radius 2 is 0.792 bits per heavy atom. The molecule has 0 spiro atoms. The molecule has 0 aliphatic rings. The van der Waals surface area contributed by atoms with E-state index in [-0.39, 0.29) is 5.82 Å². The second-order valence-corrected chi connectivity index (χ2v) is 13.4. The van der Waals surface area contributed by atoms with Gasteiger partial charge in [0.2, 0.25) is 0 Å². The molecule has 4 heteroatoms. The Balaban J connectivity index is 1.35. The van der Waals surface area contributed by atoms with Gasteiger partial charge in [-0.3, -0.25) is 0 Å². The lowest BCUT2D eigenvalue weighted by Gasteiger charge is -2.19. The van der Waals surface area contributed by atoms with Crippen molar-refractivity contribution >= 4 is 43.6 Å². The fourth-order valence-corrected chi connectivity index (χ4v) is 7.99. The second-order valence-electron chi connectivity index (χ2n) is 13.4. The van der Waals surface area contributed by atoms with Gasteiger partial charge >= 0.3 is 0 Å². The summed E-state index contributed by atoms with van der Waals surface area (Å²) in [7, 11) is 0. The van der Waals surface area contributed by atoms with E-state index in [1.54, 1.807) is 12.1 Å². The summed E-state index contributed by atoms with van der Waals surface area (Å²) in [6, 6.07) is 63.9. The number of benzene rings is 8. The third-order valence-corrected chi connectivity index (χ3v) is 10.4. The number of nitriles is 1. The highest BCUT2D eigenvalue weighted by Crippen LogP contribution is 2.41. The molecular weight excluding hydrogens is 650 g/mol. The molecule has 0 bridgehead atoms. The summed E-state index contributed by atoms with van der Waals surface area (Å²) in [6.07, 6.45) is 0. The Bertz CT molecular complexity index is 2890. The summed E-state index contributed by atoms with van der Waals surface area (Å²) in [6.45, 7) is 0. The van der Waals surface area contributed by atoms with Crippen LogP contribution in [0.5, 0.6) is 0 Å². The molecule has 0 fully saturated rings. The van der Waals surface area contributed by atoms with Gasteiger partial charge in [0.1, 0.15) is 17.4 Å². The van der Waals surface area contributed by atoms with Crippen molar-refractivity contribution in [1.82, 2.24) is 9.13 Å². The van der Waals surface area contributed by atoms with E-state index in [4.69, 9.17) is 0 Å². The topological polar surface area (TPSA) is 33.6 Å². The van der Waals surface area contributed by atoms with Gasteiger partial charge in [-0.25, -0.2) is 4.39 Å². The Morgan fingerprint density at radius 1 is 0.358 bits per heavy atom. The minimum Gasteiger partial charge on any atom is -0.308 e. The van der Waals surface area contributed by atoms with E-state index >= 15 is 0 Å². The molecule has 0 saturated carbocycles. The van der Waals surface area contributed by atoms with Crippen LogP contribution in [0.2, 0.25) is 0 Å². The number of aromatic nitrogens is 2. The highest BCUT2D eigenvalue weighted by molar-refractivity contribution is 6.12. The molecule has 2 aromatic heterocycles. The average molecular weight is 680 g/mol. The maximum atomic E-state index is 14.9. The van der Waals surface area contributed by atoms with Crippen molar-refractivity contribution in [3.05, 3.63) is 193 Å². The van der Waals surface area contributed by atoms with Crippen LogP contribution in [0.3, 0.4) is 0 Å². The Hall–Kier alpha value is -7.22. The Kier molecular flexibility index (Phi) is 7.06. The number of rotatable bonds is 5. The molecule has 0 aliphatic carbocycles. The number of para-hydroxylation sites is 2. The summed E-state index contributed by atoms with van der Waals surface area (Å²) in [4.78, 5) is 0. The van der Waals surface area contributed by atoms with Gasteiger partial charge in [0, 0.05) is 21.5 Å². The van der Waals surface area contributed by atoms with Crippen molar-refractivity contribution in [3.63, 3.8) is 0 Å². The van der Waals surface area contributed by atoms with Crippen molar-refractivity contribution in [2.24, 2.45) is 0 Å². The zero-order valence-electron chi connectivity index (χ0n) is 28.5. The monoisotopic (exact) mass is 679 g/mol. The molecular formula is C49H30FN3. The molecule has 0 unspecified atom stereocenters. The van der Waals surface area contributed by atoms with E-state index in [0.717, 1.165) is 88.4 Å². The fraction of sp³-hybridized carbons (Fsp3) is 0. The lowest BCUT2D eigenvalue weighted by molar-refractivity contribution is 0.628. The molecule has 248 valence electrons. The SMILES string of the molecule is N#Cc1c(-n2c3ccccc3c3ccc(-c4ccccc4)cc32)cc(-c2cccc(F)c2)cc1-n1c2ccccc2c2ccc(-c3ccccc3)cc21. The van der Waals surface area contributed by atoms with Gasteiger partial charge in [-0.15, -0.1) is 0 Å². The van der Waals surface area contributed by atoms with Crippen LogP contribution in [0.4, 0.5) is 4.39 Å². The van der Waals surface area contributed by atoms with E-state index in [1.165, 1.54) is 6.07 Å². The molecule has 0 radical (unpaired) electrons. The largest absolute Gasteiger partial charge is 0.308 e. The van der Waals surface area contributed by atoms with Gasteiger partial charge in [-0.2, -0.15) is 5.26 Å². The van der Waals surface area contributed by atoms with Crippen molar-refractivity contribution < 1.29 is 4.39 Å². The maximum Gasteiger partial charge on any atom is 0.123 e. The van der Waals surface area contributed by atoms with E-state index in [9.17, 15) is 9.65 Å². The molecule has 8 aromatic carbocycles. The van der Waals surface area contributed by atoms with Crippen LogP contribution in [0.15, 0.2) is 182 Å². The van der Waals surface area contributed by atoms with Crippen LogP contribution >= 0.6 is 0 Å². The standard InChI is InChI=1S/C49H30FN3/c50-38-17-11-16-34(26-38)37-29-48(52-44-20-9-7-18-39(44)41-24-22-35(27-46(41)52)32-12-3-1-4-13-32)43(31-51)49(30-37)53-45-21-10-8-19-40(45)42-25-23-36(28-47(42)53)33-14-5-2-6-15-33/h1-30H. The van der Waals surface area contributed by atoms with Gasteiger partial charge < -0.3 is 9.13 Å². The zero-order valence-corrected chi connectivity index (χ0v) is 28.5. The molecule has 2 heterocycles. The molecule has 0 aliphatic heterocycles. The first-order valence-electron chi connectivity index (χ1n) is 17.7. The summed E-state index contributed by atoms with van der Waals surface area (Å²) in [5.41, 5.74) is 11.8. The lowest BCUT2D eigenvalue weighted by atomic mass is 9.99. The highest BCUT2D eigenvalue weighted by atomic mass is 19.1. The Morgan fingerprint density at radius 3 is 1.28 bits per heavy atom. The van der Waals surface area contributed by atoms with Crippen LogP contribution in [-0.2, 0) is 0 Å². The average Bonchev–Trinajstić information content (AvgIpc) is 3.73. The number of hydrogen-bond acceptors (Lipinski definition) is 1. The van der Waals surface area contributed by atoms with Crippen LogP contribution < -0.4 is 0 Å². The van der Waals surface area contributed by atoms with Gasteiger partial charge in [0.05, 0.1) is 33.4 Å². The minimum atomic E-state index is -0.316. The molecule has 0 saturated heterocycles. The van der Waals surface area contributed by atoms with Crippen LogP contribution in [0, 0.1) is 17.1 Å². The van der Waals surface area contributed by atoms with Crippen molar-refractivity contribution in [1.29, 1.82) is 5.26 Å². The summed E-state index contributed by atoms with van der Waals surface area (Å²) in [5.74, 6) is -0.316. The van der Waals surface area contributed by atoms with E-state index in [1.807, 2.05) is 66.7 Å². The molecule has 0 N–H and O–H groups in total. The first-order chi connectivity index (χ1) is 26.2. The second kappa shape index (κ2) is 12.2. The number of nitrogens with zero attached hydrogens (tertiary/aromatic N) is 3. The highest BCUT2D eigenvalue weighted by Gasteiger charge is 2.23. The summed E-state index contributed by atoms with van der Waals surface area (Å²) in [5, 5.41) is 15.7. The van der Waals surface area contributed by atoms with Gasteiger partial charge in [0.25, 0.3) is 0 Å². The van der Waals surface area contributed by atoms with Gasteiger partial charge in [0.15, 0.2) is 0 Å². The molecule has 3 nitrogen and oxygen atoms in total. The van der Waals surface area contributed by atoms with E-state index in [2.05, 4.69) is 112 Å². The van der Waals surface area contributed by atoms with Crippen LogP contribution in [0.1, 0.15) is 5.56 Å².